The van der Waals surface area contributed by atoms with E-state index < -0.39 is 73.5 Å². The van der Waals surface area contributed by atoms with E-state index in [-0.39, 0.29) is 12.2 Å². The topological polar surface area (TPSA) is 108 Å². The Labute approximate surface area is 303 Å². The van der Waals surface area contributed by atoms with E-state index in [0.717, 1.165) is 0 Å². The van der Waals surface area contributed by atoms with Crippen LogP contribution in [0.1, 0.15) is 20.3 Å². The van der Waals surface area contributed by atoms with E-state index in [2.05, 4.69) is 131 Å². The van der Waals surface area contributed by atoms with Crippen LogP contribution in [0.4, 0.5) is 0 Å². The molecular weight excluding hydrogens is 745 g/mol. The first kappa shape index (κ1) is 50.0. The summed E-state index contributed by atoms with van der Waals surface area (Å²) in [6.45, 7) is 49.2. The number of carbonyl (C=O) groups excluding carboxylic acids is 2. The molecule has 0 radical (unpaired) electrons. The highest BCUT2D eigenvalue weighted by molar-refractivity contribution is 6.91. The van der Waals surface area contributed by atoms with Crippen molar-refractivity contribution in [1.29, 1.82) is 0 Å². The molecule has 0 rings (SSSR count). The molecule has 0 N–H and O–H groups in total. The van der Waals surface area contributed by atoms with E-state index in [1.165, 1.54) is 0 Å². The van der Waals surface area contributed by atoms with Gasteiger partial charge in [0, 0.05) is 17.2 Å². The van der Waals surface area contributed by atoms with Gasteiger partial charge in [-0.05, 0) is 138 Å². The van der Waals surface area contributed by atoms with Gasteiger partial charge in [0.2, 0.25) is 0 Å². The summed E-state index contributed by atoms with van der Waals surface area (Å²) >= 11 is 0. The Bertz CT molecular complexity index is 979. The normalized spacial score (nSPS) is 13.8. The van der Waals surface area contributed by atoms with Crippen molar-refractivity contribution in [3.63, 3.8) is 0 Å². The fraction of sp³-hybridized carbons (Fsp3) is 0.800. The molecule has 284 valence electrons. The molecule has 0 aromatic rings. The molecule has 0 amide bonds. The zero-order valence-corrected chi connectivity index (χ0v) is 42.3. The van der Waals surface area contributed by atoms with Gasteiger partial charge in [0.25, 0.3) is 0 Å². The van der Waals surface area contributed by atoms with Gasteiger partial charge in [-0.3, -0.25) is 0 Å². The third-order valence-electron chi connectivity index (χ3n) is 4.71. The van der Waals surface area contributed by atoms with E-state index in [0.29, 0.717) is 30.2 Å². The molecule has 0 aromatic heterocycles. The third kappa shape index (κ3) is 27.6. The van der Waals surface area contributed by atoms with E-state index in [1.807, 2.05) is 0 Å². The van der Waals surface area contributed by atoms with Crippen LogP contribution in [0.2, 0.25) is 124 Å². The molecule has 48 heavy (non-hydrogen) atoms. The van der Waals surface area contributed by atoms with Crippen LogP contribution in [0.25, 0.3) is 0 Å². The van der Waals surface area contributed by atoms with E-state index in [9.17, 15) is 9.59 Å². The summed E-state index contributed by atoms with van der Waals surface area (Å²) in [7, 11) is -17.4. The zero-order valence-electron chi connectivity index (χ0n) is 34.3. The molecule has 0 unspecified atom stereocenters. The van der Waals surface area contributed by atoms with Crippen LogP contribution in [-0.2, 0) is 43.8 Å². The second kappa shape index (κ2) is 19.1. The van der Waals surface area contributed by atoms with Crippen molar-refractivity contribution in [3.05, 3.63) is 24.3 Å². The van der Waals surface area contributed by atoms with Crippen LogP contribution in [0.5, 0.6) is 0 Å². The Morgan fingerprint density at radius 2 is 0.688 bits per heavy atom. The number of carbonyl (C=O) groups is 2. The van der Waals surface area contributed by atoms with Crippen molar-refractivity contribution < 1.29 is 43.8 Å². The molecule has 0 aliphatic heterocycles. The zero-order chi connectivity index (χ0) is 38.8. The molecule has 0 saturated carbocycles. The summed E-state index contributed by atoms with van der Waals surface area (Å²) in [4.78, 5) is 23.4. The average molecular weight is 818 g/mol. The van der Waals surface area contributed by atoms with Crippen molar-refractivity contribution >= 4 is 79.5 Å². The fourth-order valence-corrected chi connectivity index (χ4v) is 32.5. The van der Waals surface area contributed by atoms with Gasteiger partial charge in [-0.1, -0.05) is 13.2 Å². The van der Waals surface area contributed by atoms with Gasteiger partial charge >= 0.3 is 29.5 Å². The lowest BCUT2D eigenvalue weighted by Crippen LogP contribution is -2.63. The van der Waals surface area contributed by atoms with E-state index in [1.54, 1.807) is 13.8 Å². The highest BCUT2D eigenvalue weighted by atomic mass is 28.5. The quantitative estimate of drug-likeness (QED) is 0.0511. The van der Waals surface area contributed by atoms with Crippen molar-refractivity contribution in [3.8, 4) is 0 Å². The molecule has 18 heteroatoms. The van der Waals surface area contributed by atoms with Crippen molar-refractivity contribution in [1.82, 2.24) is 0 Å². The van der Waals surface area contributed by atoms with Gasteiger partial charge in [-0.25, -0.2) is 9.59 Å². The molecule has 0 aliphatic rings. The summed E-state index contributed by atoms with van der Waals surface area (Å²) in [5.41, 5.74) is 0.778. The Morgan fingerprint density at radius 1 is 0.438 bits per heavy atom. The summed E-state index contributed by atoms with van der Waals surface area (Å²) in [5.74, 6) is -0.782. The van der Waals surface area contributed by atoms with Gasteiger partial charge in [-0.15, -0.1) is 0 Å². The lowest BCUT2D eigenvalue weighted by Gasteiger charge is -2.42. The van der Waals surface area contributed by atoms with Crippen LogP contribution >= 0.6 is 0 Å². The fourth-order valence-electron chi connectivity index (χ4n) is 4.02. The SMILES string of the molecule is C=C(C)C(=O)OCCC[Si](O[Si](C)(C)C)(O[Si](C)(C)C)O[Si](C)(C)C.C=C(C)C(=O)OC[Si](O[Si](C)(C)C)(O[Si](C)(C)C)O[Si](C)(C)C. The molecular formula is C30H72O10Si8. The maximum atomic E-state index is 11.9. The number of hydrogen-bond acceptors (Lipinski definition) is 10. The predicted octanol–water partition coefficient (Wildman–Crippen LogP) is 9.13. The van der Waals surface area contributed by atoms with Gasteiger partial charge in [0.05, 0.1) is 6.61 Å². The summed E-state index contributed by atoms with van der Waals surface area (Å²) in [5, 5.41) is 0. The smallest absolute Gasteiger partial charge is 0.462 e. The predicted molar refractivity (Wildman–Crippen MR) is 219 cm³/mol. The van der Waals surface area contributed by atoms with Crippen LogP contribution < -0.4 is 0 Å². The standard InChI is InChI=1S/C16H38O5Si4.C14H34O5Si4/c1-15(2)16(17)18-13-12-14-25(19-22(3,4)5,20-23(6,7)8)21-24(9,10)11;1-13(2)14(15)16-12-23(17-20(3,4)5,18-21(6,7)8)19-22(9,10)11/h1,12-14H2,2-11H3;1,12H2,2-11H3. The number of hydrogen-bond donors (Lipinski definition) is 0. The minimum atomic E-state index is -3.11. The summed E-state index contributed by atoms with van der Waals surface area (Å²) in [6, 6.07) is 0.676. The van der Waals surface area contributed by atoms with E-state index in [4.69, 9.17) is 34.2 Å². The van der Waals surface area contributed by atoms with E-state index >= 15 is 0 Å². The Morgan fingerprint density at radius 3 is 0.938 bits per heavy atom. The minimum Gasteiger partial charge on any atom is -0.462 e. The van der Waals surface area contributed by atoms with Gasteiger partial charge in [-0.2, -0.15) is 0 Å². The number of ether oxygens (including phenoxy) is 2. The first-order valence-corrected chi connectivity index (χ1v) is 41.1. The van der Waals surface area contributed by atoms with Gasteiger partial charge in [0.15, 0.2) is 56.1 Å². The molecule has 0 heterocycles. The maximum Gasteiger partial charge on any atom is 0.509 e. The van der Waals surface area contributed by atoms with Crippen LogP contribution in [0, 0.1) is 0 Å². The van der Waals surface area contributed by atoms with Crippen LogP contribution in [-0.4, -0.2) is 92.3 Å². The average Bonchev–Trinajstić information content (AvgIpc) is 2.73. The largest absolute Gasteiger partial charge is 0.509 e. The van der Waals surface area contributed by atoms with Crippen LogP contribution in [0.3, 0.4) is 0 Å². The highest BCUT2D eigenvalue weighted by Gasteiger charge is 2.52. The monoisotopic (exact) mass is 816 g/mol. The van der Waals surface area contributed by atoms with Crippen molar-refractivity contribution in [2.75, 3.05) is 12.8 Å². The third-order valence-corrected chi connectivity index (χ3v) is 28.3. The molecule has 0 spiro atoms. The summed E-state index contributed by atoms with van der Waals surface area (Å²) < 4.78 is 49.6. The van der Waals surface area contributed by atoms with Crippen LogP contribution in [0.15, 0.2) is 24.3 Å². The molecule has 10 nitrogen and oxygen atoms in total. The maximum absolute atomic E-state index is 11.9. The number of rotatable bonds is 20. The molecule has 0 aromatic carbocycles. The molecule has 0 saturated heterocycles. The lowest BCUT2D eigenvalue weighted by atomic mass is 10.4. The van der Waals surface area contributed by atoms with Gasteiger partial charge in [0.1, 0.15) is 0 Å². The number of esters is 2. The Balaban J connectivity index is 0. The van der Waals surface area contributed by atoms with Gasteiger partial charge < -0.3 is 34.2 Å². The molecule has 0 aliphatic carbocycles. The highest BCUT2D eigenvalue weighted by Crippen LogP contribution is 2.30. The van der Waals surface area contributed by atoms with Crippen molar-refractivity contribution in [2.24, 2.45) is 0 Å². The molecule has 0 atom stereocenters. The van der Waals surface area contributed by atoms with Crippen molar-refractivity contribution in [2.45, 2.75) is 144 Å². The first-order valence-electron chi connectivity index (χ1n) is 16.8. The second-order valence-electron chi connectivity index (χ2n) is 18.0. The molecule has 0 fully saturated rings. The Hall–Kier alpha value is -0.0849. The second-order valence-corrected chi connectivity index (χ2v) is 51.8. The first-order chi connectivity index (χ1) is 20.9. The summed E-state index contributed by atoms with van der Waals surface area (Å²) in [6.07, 6.45) is 0.724. The lowest BCUT2D eigenvalue weighted by molar-refractivity contribution is -0.139. The minimum absolute atomic E-state index is 0.0531. The molecule has 0 bridgehead atoms. The Kier molecular flexibility index (Phi) is 19.9.